The number of ether oxygens (including phenoxy) is 2. The molecule has 1 N–H and O–H groups in total. The van der Waals surface area contributed by atoms with Gasteiger partial charge in [0.1, 0.15) is 5.75 Å². The second kappa shape index (κ2) is 11.2. The first-order chi connectivity index (χ1) is 13.1. The zero-order chi connectivity index (χ0) is 19.5. The smallest absolute Gasteiger partial charge is 0.338 e. The normalized spacial score (nSPS) is 10.3. The van der Waals surface area contributed by atoms with Crippen LogP contribution in [-0.2, 0) is 16.0 Å². The summed E-state index contributed by atoms with van der Waals surface area (Å²) >= 11 is 5.83. The van der Waals surface area contributed by atoms with E-state index in [9.17, 15) is 9.59 Å². The Morgan fingerprint density at radius 1 is 1.04 bits per heavy atom. The first-order valence-corrected chi connectivity index (χ1v) is 9.37. The summed E-state index contributed by atoms with van der Waals surface area (Å²) in [5.41, 5.74) is 1.45. The molecular weight excluding hydrogens is 366 g/mol. The zero-order valence-corrected chi connectivity index (χ0v) is 16.1. The van der Waals surface area contributed by atoms with Crippen LogP contribution in [0.1, 0.15) is 35.7 Å². The van der Waals surface area contributed by atoms with Gasteiger partial charge in [0.05, 0.1) is 12.2 Å². The molecule has 0 aromatic heterocycles. The van der Waals surface area contributed by atoms with E-state index in [1.165, 1.54) is 0 Å². The van der Waals surface area contributed by atoms with E-state index in [4.69, 9.17) is 21.1 Å². The van der Waals surface area contributed by atoms with Crippen LogP contribution in [0.25, 0.3) is 0 Å². The van der Waals surface area contributed by atoms with Gasteiger partial charge in [0.2, 0.25) is 0 Å². The molecule has 0 aliphatic heterocycles. The molecule has 27 heavy (non-hydrogen) atoms. The number of benzene rings is 2. The molecule has 1 amide bonds. The van der Waals surface area contributed by atoms with Gasteiger partial charge in [-0.25, -0.2) is 4.79 Å². The van der Waals surface area contributed by atoms with E-state index in [1.807, 2.05) is 12.1 Å². The third kappa shape index (κ3) is 7.71. The Hall–Kier alpha value is -2.53. The highest BCUT2D eigenvalue weighted by atomic mass is 35.5. The molecule has 0 heterocycles. The number of halogens is 1. The summed E-state index contributed by atoms with van der Waals surface area (Å²) in [6, 6.07) is 14.1. The lowest BCUT2D eigenvalue weighted by molar-refractivity contribution is -0.124. The predicted molar refractivity (Wildman–Crippen MR) is 105 cm³/mol. The van der Waals surface area contributed by atoms with Gasteiger partial charge in [-0.15, -0.1) is 0 Å². The number of hydrogen-bond donors (Lipinski definition) is 1. The Morgan fingerprint density at radius 2 is 1.74 bits per heavy atom. The van der Waals surface area contributed by atoms with Crippen molar-refractivity contribution in [1.29, 1.82) is 0 Å². The van der Waals surface area contributed by atoms with E-state index in [0.717, 1.165) is 18.4 Å². The Labute approximate surface area is 164 Å². The van der Waals surface area contributed by atoms with Gasteiger partial charge in [0.15, 0.2) is 6.61 Å². The fraction of sp³-hybridized carbons (Fsp3) is 0.333. The summed E-state index contributed by atoms with van der Waals surface area (Å²) in [4.78, 5) is 23.8. The lowest BCUT2D eigenvalue weighted by Crippen LogP contribution is -2.30. The van der Waals surface area contributed by atoms with Crippen LogP contribution in [0.2, 0.25) is 5.02 Å². The number of carbonyl (C=O) groups excluding carboxylic acids is 2. The van der Waals surface area contributed by atoms with Gasteiger partial charge in [-0.3, -0.25) is 4.79 Å². The molecule has 0 aliphatic rings. The highest BCUT2D eigenvalue weighted by Crippen LogP contribution is 2.13. The highest BCUT2D eigenvalue weighted by molar-refractivity contribution is 6.30. The maximum Gasteiger partial charge on any atom is 0.338 e. The molecule has 6 heteroatoms. The average Bonchev–Trinajstić information content (AvgIpc) is 2.68. The van der Waals surface area contributed by atoms with E-state index in [-0.39, 0.29) is 12.5 Å². The molecule has 0 saturated heterocycles. The minimum Gasteiger partial charge on any atom is -0.494 e. The molecule has 0 fully saturated rings. The van der Waals surface area contributed by atoms with Crippen LogP contribution in [-0.4, -0.2) is 31.6 Å². The van der Waals surface area contributed by atoms with Crippen molar-refractivity contribution in [2.24, 2.45) is 0 Å². The zero-order valence-electron chi connectivity index (χ0n) is 15.4. The van der Waals surface area contributed by atoms with Crippen molar-refractivity contribution in [3.05, 3.63) is 64.7 Å². The maximum atomic E-state index is 12.0. The number of nitrogens with one attached hydrogen (secondary N) is 1. The number of hydrogen-bond acceptors (Lipinski definition) is 4. The quantitative estimate of drug-likeness (QED) is 0.492. The fourth-order valence-corrected chi connectivity index (χ4v) is 2.41. The van der Waals surface area contributed by atoms with Crippen molar-refractivity contribution in [3.8, 4) is 5.75 Å². The number of unbranched alkanes of at least 4 members (excludes halogenated alkanes) is 1. The predicted octanol–water partition coefficient (Wildman–Crippen LogP) is 4.03. The summed E-state index contributed by atoms with van der Waals surface area (Å²) in [6.07, 6.45) is 2.72. The van der Waals surface area contributed by atoms with E-state index >= 15 is 0 Å². The Bertz CT molecular complexity index is 729. The largest absolute Gasteiger partial charge is 0.494 e. The van der Waals surface area contributed by atoms with Gasteiger partial charge in [-0.1, -0.05) is 37.1 Å². The molecule has 0 bridgehead atoms. The molecule has 5 nitrogen and oxygen atoms in total. The van der Waals surface area contributed by atoms with Gasteiger partial charge >= 0.3 is 5.97 Å². The maximum absolute atomic E-state index is 12.0. The van der Waals surface area contributed by atoms with Gasteiger partial charge in [0, 0.05) is 11.6 Å². The minimum absolute atomic E-state index is 0.311. The molecule has 0 saturated carbocycles. The SMILES string of the molecule is CCCCOc1ccc(C(=O)OCC(=O)NCCc2ccc(Cl)cc2)cc1. The van der Waals surface area contributed by atoms with Gasteiger partial charge in [-0.2, -0.15) is 0 Å². The van der Waals surface area contributed by atoms with Crippen LogP contribution in [0.3, 0.4) is 0 Å². The van der Waals surface area contributed by atoms with Gasteiger partial charge in [-0.05, 0) is 54.8 Å². The molecule has 0 unspecified atom stereocenters. The van der Waals surface area contributed by atoms with Crippen molar-refractivity contribution in [2.75, 3.05) is 19.8 Å². The summed E-state index contributed by atoms with van der Waals surface area (Å²) in [7, 11) is 0. The molecule has 0 aliphatic carbocycles. The molecule has 144 valence electrons. The van der Waals surface area contributed by atoms with Crippen LogP contribution in [0, 0.1) is 0 Å². The Balaban J connectivity index is 1.68. The van der Waals surface area contributed by atoms with Crippen LogP contribution in [0.4, 0.5) is 0 Å². The first-order valence-electron chi connectivity index (χ1n) is 8.99. The summed E-state index contributed by atoms with van der Waals surface area (Å²) in [6.45, 7) is 2.89. The van der Waals surface area contributed by atoms with Crippen molar-refractivity contribution in [3.63, 3.8) is 0 Å². The molecule has 0 atom stereocenters. The first kappa shape index (κ1) is 20.8. The van der Waals surface area contributed by atoms with Crippen molar-refractivity contribution >= 4 is 23.5 Å². The van der Waals surface area contributed by atoms with Crippen molar-refractivity contribution < 1.29 is 19.1 Å². The average molecular weight is 390 g/mol. The van der Waals surface area contributed by atoms with E-state index in [1.54, 1.807) is 36.4 Å². The van der Waals surface area contributed by atoms with Crippen molar-refractivity contribution in [1.82, 2.24) is 5.32 Å². The second-order valence-corrected chi connectivity index (χ2v) is 6.47. The molecule has 2 aromatic rings. The highest BCUT2D eigenvalue weighted by Gasteiger charge is 2.10. The molecular formula is C21H24ClNO4. The number of amides is 1. The van der Waals surface area contributed by atoms with Gasteiger partial charge in [0.25, 0.3) is 5.91 Å². The third-order valence-electron chi connectivity index (χ3n) is 3.84. The molecule has 2 aromatic carbocycles. The Morgan fingerprint density at radius 3 is 2.41 bits per heavy atom. The monoisotopic (exact) mass is 389 g/mol. The lowest BCUT2D eigenvalue weighted by Gasteiger charge is -2.08. The molecule has 2 rings (SSSR count). The summed E-state index contributed by atoms with van der Waals surface area (Å²) in [5.74, 6) is -0.167. The Kier molecular flexibility index (Phi) is 8.65. The lowest BCUT2D eigenvalue weighted by atomic mass is 10.1. The minimum atomic E-state index is -0.539. The second-order valence-electron chi connectivity index (χ2n) is 6.03. The standard InChI is InChI=1S/C21H24ClNO4/c1-2-3-14-26-19-10-6-17(7-11-19)21(25)27-15-20(24)23-13-12-16-4-8-18(22)9-5-16/h4-11H,2-3,12-15H2,1H3,(H,23,24). The van der Waals surface area contributed by atoms with Crippen LogP contribution in [0.5, 0.6) is 5.75 Å². The number of carbonyl (C=O) groups is 2. The number of rotatable bonds is 10. The topological polar surface area (TPSA) is 64.6 Å². The van der Waals surface area contributed by atoms with E-state index in [0.29, 0.717) is 35.9 Å². The fourth-order valence-electron chi connectivity index (χ4n) is 2.28. The van der Waals surface area contributed by atoms with Crippen LogP contribution < -0.4 is 10.1 Å². The number of esters is 1. The van der Waals surface area contributed by atoms with Crippen molar-refractivity contribution in [2.45, 2.75) is 26.2 Å². The van der Waals surface area contributed by atoms with Crippen LogP contribution >= 0.6 is 11.6 Å². The molecule has 0 radical (unpaired) electrons. The summed E-state index contributed by atoms with van der Waals surface area (Å²) in [5, 5.41) is 3.40. The van der Waals surface area contributed by atoms with Gasteiger partial charge < -0.3 is 14.8 Å². The third-order valence-corrected chi connectivity index (χ3v) is 4.09. The summed E-state index contributed by atoms with van der Waals surface area (Å²) < 4.78 is 10.6. The van der Waals surface area contributed by atoms with Crippen LogP contribution in [0.15, 0.2) is 48.5 Å². The van der Waals surface area contributed by atoms with E-state index < -0.39 is 5.97 Å². The molecule has 0 spiro atoms. The van der Waals surface area contributed by atoms with E-state index in [2.05, 4.69) is 12.2 Å².